The fraction of sp³-hybridized carbons (Fsp3) is 0.387. The first kappa shape index (κ1) is 29.7. The molecule has 40 heavy (non-hydrogen) atoms. The lowest BCUT2D eigenvalue weighted by Gasteiger charge is -2.34. The van der Waals surface area contributed by atoms with Gasteiger partial charge in [0.15, 0.2) is 0 Å². The molecule has 9 heteroatoms. The van der Waals surface area contributed by atoms with E-state index in [0.29, 0.717) is 24.6 Å². The van der Waals surface area contributed by atoms with Gasteiger partial charge in [-0.3, -0.25) is 4.55 Å². The lowest BCUT2D eigenvalue weighted by molar-refractivity contribution is 0.0787. The van der Waals surface area contributed by atoms with Gasteiger partial charge in [0.05, 0.1) is 4.90 Å². The number of rotatable bonds is 6. The standard InChI is InChI=1S/C24H29FN2O2.C7H8O3S/c25-21-8-6-18(7-9-21)16-22-10-11-23(26-22)20-12-14-27(15-13-20)24(28)29-17-19-4-2-1-3-5-19;1-6-2-4-7(5-3-6)11(8,9)10/h1-9,20,22-23,26H,10-17H2;2-5H,1H3,(H,8,9,10)/t22-,23+;/m0./s1. The molecule has 1 amide bonds. The number of amides is 1. The van der Waals surface area contributed by atoms with E-state index in [0.717, 1.165) is 49.9 Å². The van der Waals surface area contributed by atoms with E-state index >= 15 is 0 Å². The van der Waals surface area contributed by atoms with E-state index in [1.54, 1.807) is 12.1 Å². The van der Waals surface area contributed by atoms with Crippen LogP contribution < -0.4 is 5.32 Å². The SMILES string of the molecule is Cc1ccc(S(=O)(=O)O)cc1.O=C(OCc1ccccc1)N1CCC([C@H]2CC[C@@H](Cc3ccc(F)cc3)N2)CC1. The number of piperidine rings is 1. The highest BCUT2D eigenvalue weighted by atomic mass is 32.2. The molecule has 0 spiro atoms. The Labute approximate surface area is 236 Å². The molecule has 0 saturated carbocycles. The number of nitrogens with zero attached hydrogens (tertiary/aromatic N) is 1. The largest absolute Gasteiger partial charge is 0.445 e. The lowest BCUT2D eigenvalue weighted by Crippen LogP contribution is -2.44. The van der Waals surface area contributed by atoms with Crippen molar-refractivity contribution >= 4 is 16.2 Å². The lowest BCUT2D eigenvalue weighted by atomic mass is 9.89. The van der Waals surface area contributed by atoms with Crippen molar-refractivity contribution < 1.29 is 26.9 Å². The summed E-state index contributed by atoms with van der Waals surface area (Å²) in [7, 11) is -4.02. The van der Waals surface area contributed by atoms with Crippen molar-refractivity contribution in [3.05, 3.63) is 101 Å². The topological polar surface area (TPSA) is 95.9 Å². The van der Waals surface area contributed by atoms with Gasteiger partial charge >= 0.3 is 6.09 Å². The number of hydrogen-bond acceptors (Lipinski definition) is 5. The van der Waals surface area contributed by atoms with Crippen LogP contribution in [0.4, 0.5) is 9.18 Å². The third kappa shape index (κ3) is 8.87. The molecule has 2 saturated heterocycles. The number of nitrogens with one attached hydrogen (secondary N) is 1. The molecule has 2 fully saturated rings. The van der Waals surface area contributed by atoms with E-state index < -0.39 is 10.1 Å². The summed E-state index contributed by atoms with van der Waals surface area (Å²) in [5.74, 6) is 0.423. The molecule has 3 aromatic carbocycles. The maximum Gasteiger partial charge on any atom is 0.410 e. The first-order chi connectivity index (χ1) is 19.2. The highest BCUT2D eigenvalue weighted by Crippen LogP contribution is 2.29. The molecule has 0 aliphatic carbocycles. The summed E-state index contributed by atoms with van der Waals surface area (Å²) < 4.78 is 48.1. The minimum atomic E-state index is -4.02. The van der Waals surface area contributed by atoms with Crippen LogP contribution in [0.25, 0.3) is 0 Å². The fourth-order valence-corrected chi connectivity index (χ4v) is 5.77. The number of hydrogen-bond donors (Lipinski definition) is 2. The smallest absolute Gasteiger partial charge is 0.410 e. The second-order valence-corrected chi connectivity index (χ2v) is 12.0. The Balaban J connectivity index is 0.000000283. The van der Waals surface area contributed by atoms with Gasteiger partial charge in [-0.1, -0.05) is 60.2 Å². The van der Waals surface area contributed by atoms with E-state index in [1.807, 2.05) is 54.3 Å². The Kier molecular flexibility index (Phi) is 10.3. The quantitative estimate of drug-likeness (QED) is 0.366. The van der Waals surface area contributed by atoms with Gasteiger partial charge in [-0.2, -0.15) is 8.42 Å². The normalized spacial score (nSPS) is 19.5. The van der Waals surface area contributed by atoms with Gasteiger partial charge in [0.25, 0.3) is 10.1 Å². The minimum absolute atomic E-state index is 0.0666. The molecule has 0 bridgehead atoms. The molecule has 2 N–H and O–H groups in total. The molecule has 3 aromatic rings. The first-order valence-electron chi connectivity index (χ1n) is 13.7. The minimum Gasteiger partial charge on any atom is -0.445 e. The van der Waals surface area contributed by atoms with Crippen molar-refractivity contribution in [2.24, 2.45) is 5.92 Å². The van der Waals surface area contributed by atoms with Crippen LogP contribution >= 0.6 is 0 Å². The molecule has 0 radical (unpaired) electrons. The zero-order chi connectivity index (χ0) is 28.5. The molecule has 214 valence electrons. The molecule has 0 aromatic heterocycles. The number of benzene rings is 3. The van der Waals surface area contributed by atoms with Crippen LogP contribution in [0.5, 0.6) is 0 Å². The van der Waals surface area contributed by atoms with Crippen molar-refractivity contribution in [1.29, 1.82) is 0 Å². The van der Waals surface area contributed by atoms with Crippen LogP contribution in [0, 0.1) is 18.7 Å². The maximum absolute atomic E-state index is 13.1. The second-order valence-electron chi connectivity index (χ2n) is 10.5. The predicted octanol–water partition coefficient (Wildman–Crippen LogP) is 5.78. The van der Waals surface area contributed by atoms with E-state index in [2.05, 4.69) is 5.32 Å². The summed E-state index contributed by atoms with van der Waals surface area (Å²) in [5, 5.41) is 3.79. The highest BCUT2D eigenvalue weighted by molar-refractivity contribution is 7.85. The summed E-state index contributed by atoms with van der Waals surface area (Å²) >= 11 is 0. The number of aryl methyl sites for hydroxylation is 1. The average Bonchev–Trinajstić information content (AvgIpc) is 3.42. The number of halogens is 1. The van der Waals surface area contributed by atoms with Crippen molar-refractivity contribution in [2.75, 3.05) is 13.1 Å². The number of carbonyl (C=O) groups excluding carboxylic acids is 1. The van der Waals surface area contributed by atoms with Crippen LogP contribution in [-0.4, -0.2) is 49.1 Å². The van der Waals surface area contributed by atoms with Gasteiger partial charge in [0.1, 0.15) is 12.4 Å². The van der Waals surface area contributed by atoms with Crippen LogP contribution in [0.2, 0.25) is 0 Å². The molecule has 5 rings (SSSR count). The van der Waals surface area contributed by atoms with Crippen molar-refractivity contribution in [2.45, 2.75) is 62.6 Å². The third-order valence-electron chi connectivity index (χ3n) is 7.56. The van der Waals surface area contributed by atoms with E-state index in [9.17, 15) is 17.6 Å². The molecule has 2 atom stereocenters. The number of carbonyl (C=O) groups is 1. The Hall–Kier alpha value is -3.27. The second kappa shape index (κ2) is 13.9. The van der Waals surface area contributed by atoms with Gasteiger partial charge in [-0.25, -0.2) is 9.18 Å². The zero-order valence-electron chi connectivity index (χ0n) is 22.7. The Bertz CT molecular complexity index is 1330. The maximum atomic E-state index is 13.1. The monoisotopic (exact) mass is 568 g/mol. The molecule has 7 nitrogen and oxygen atoms in total. The zero-order valence-corrected chi connectivity index (χ0v) is 23.5. The van der Waals surface area contributed by atoms with Gasteiger partial charge in [0, 0.05) is 25.2 Å². The van der Waals surface area contributed by atoms with Crippen LogP contribution in [0.1, 0.15) is 42.4 Å². The van der Waals surface area contributed by atoms with Gasteiger partial charge in [-0.05, 0) is 80.3 Å². The molecule has 0 unspecified atom stereocenters. The first-order valence-corrected chi connectivity index (χ1v) is 15.1. The summed E-state index contributed by atoms with van der Waals surface area (Å²) in [6, 6.07) is 23.6. The number of ether oxygens (including phenoxy) is 1. The molecule has 2 aliphatic rings. The van der Waals surface area contributed by atoms with Crippen LogP contribution in [0.15, 0.2) is 83.8 Å². The summed E-state index contributed by atoms with van der Waals surface area (Å²) in [4.78, 5) is 14.1. The summed E-state index contributed by atoms with van der Waals surface area (Å²) in [6.45, 7) is 3.70. The van der Waals surface area contributed by atoms with Crippen molar-refractivity contribution in [3.8, 4) is 0 Å². The van der Waals surface area contributed by atoms with Gasteiger partial charge in [-0.15, -0.1) is 0 Å². The van der Waals surface area contributed by atoms with Crippen LogP contribution in [-0.2, 0) is 27.9 Å². The Morgan fingerprint density at radius 3 is 2.20 bits per heavy atom. The van der Waals surface area contributed by atoms with Crippen LogP contribution in [0.3, 0.4) is 0 Å². The van der Waals surface area contributed by atoms with Gasteiger partial charge < -0.3 is 15.0 Å². The number of likely N-dealkylation sites (tertiary alicyclic amines) is 1. The van der Waals surface area contributed by atoms with Crippen molar-refractivity contribution in [3.63, 3.8) is 0 Å². The Morgan fingerprint density at radius 2 is 1.57 bits per heavy atom. The highest BCUT2D eigenvalue weighted by Gasteiger charge is 2.33. The predicted molar refractivity (Wildman–Crippen MR) is 152 cm³/mol. The summed E-state index contributed by atoms with van der Waals surface area (Å²) in [6.07, 6.45) is 5.10. The van der Waals surface area contributed by atoms with E-state index in [4.69, 9.17) is 9.29 Å². The van der Waals surface area contributed by atoms with Gasteiger partial charge in [0.2, 0.25) is 0 Å². The molecular formula is C31H37FN2O5S. The van der Waals surface area contributed by atoms with E-state index in [1.165, 1.54) is 36.2 Å². The Morgan fingerprint density at radius 1 is 0.925 bits per heavy atom. The molecule has 2 heterocycles. The molecule has 2 aliphatic heterocycles. The summed E-state index contributed by atoms with van der Waals surface area (Å²) in [5.41, 5.74) is 3.15. The van der Waals surface area contributed by atoms with E-state index in [-0.39, 0.29) is 16.8 Å². The fourth-order valence-electron chi connectivity index (χ4n) is 5.29. The average molecular weight is 569 g/mol. The molecular weight excluding hydrogens is 531 g/mol. The third-order valence-corrected chi connectivity index (χ3v) is 8.43. The van der Waals surface area contributed by atoms with Crippen molar-refractivity contribution in [1.82, 2.24) is 10.2 Å².